The molecule has 0 saturated heterocycles. The smallest absolute Gasteiger partial charge is 0.338 e. The molecule has 0 fully saturated rings. The van der Waals surface area contributed by atoms with Gasteiger partial charge in [0.15, 0.2) is 0 Å². The number of benzene rings is 3. The van der Waals surface area contributed by atoms with Gasteiger partial charge in [0.05, 0.1) is 22.7 Å². The Morgan fingerprint density at radius 2 is 1.84 bits per heavy atom. The van der Waals surface area contributed by atoms with Crippen molar-refractivity contribution in [3.8, 4) is 0 Å². The molecule has 8 nitrogen and oxygen atoms in total. The van der Waals surface area contributed by atoms with Gasteiger partial charge in [-0.25, -0.2) is 4.79 Å². The lowest BCUT2D eigenvalue weighted by Crippen LogP contribution is -2.43. The van der Waals surface area contributed by atoms with Crippen molar-refractivity contribution in [2.75, 3.05) is 16.8 Å². The van der Waals surface area contributed by atoms with Crippen LogP contribution >= 0.6 is 0 Å². The van der Waals surface area contributed by atoms with Crippen LogP contribution < -0.4 is 10.2 Å². The maximum atomic E-state index is 13.4. The van der Waals surface area contributed by atoms with Crippen molar-refractivity contribution >= 4 is 28.9 Å². The third-order valence-electron chi connectivity index (χ3n) is 4.98. The molecule has 3 aromatic carbocycles. The van der Waals surface area contributed by atoms with Crippen LogP contribution in [0.15, 0.2) is 72.8 Å². The molecule has 1 heterocycles. The second kappa shape index (κ2) is 8.27. The summed E-state index contributed by atoms with van der Waals surface area (Å²) in [6, 6.07) is 19.7. The second-order valence-corrected chi connectivity index (χ2v) is 6.89. The van der Waals surface area contributed by atoms with Crippen LogP contribution in [-0.4, -0.2) is 23.4 Å². The van der Waals surface area contributed by atoms with Crippen LogP contribution in [0.3, 0.4) is 0 Å². The summed E-state index contributed by atoms with van der Waals surface area (Å²) in [6.45, 7) is 1.99. The Kier molecular flexibility index (Phi) is 5.36. The van der Waals surface area contributed by atoms with E-state index in [1.54, 1.807) is 61.5 Å². The van der Waals surface area contributed by atoms with Crippen LogP contribution in [0.2, 0.25) is 0 Å². The van der Waals surface area contributed by atoms with Crippen LogP contribution in [0.5, 0.6) is 0 Å². The summed E-state index contributed by atoms with van der Waals surface area (Å²) in [5.74, 6) is -0.701. The number of nitro groups is 1. The number of esters is 1. The zero-order chi connectivity index (χ0) is 22.0. The molecule has 0 radical (unpaired) electrons. The van der Waals surface area contributed by atoms with E-state index < -0.39 is 17.1 Å². The Bertz CT molecular complexity index is 1160. The number of fused-ring (bicyclic) bond motifs is 1. The number of non-ortho nitro benzene ring substituents is 1. The molecule has 1 atom stereocenters. The minimum absolute atomic E-state index is 0.0665. The van der Waals surface area contributed by atoms with Crippen LogP contribution in [0.4, 0.5) is 17.1 Å². The first-order valence-electron chi connectivity index (χ1n) is 9.70. The normalized spacial score (nSPS) is 15.1. The molecule has 1 amide bonds. The highest BCUT2D eigenvalue weighted by atomic mass is 16.6. The molecule has 156 valence electrons. The van der Waals surface area contributed by atoms with E-state index in [9.17, 15) is 19.7 Å². The summed E-state index contributed by atoms with van der Waals surface area (Å²) in [6.07, 6.45) is -0.671. The van der Waals surface area contributed by atoms with Gasteiger partial charge in [0.1, 0.15) is 6.17 Å². The molecular formula is C23H19N3O5. The maximum absolute atomic E-state index is 13.4. The molecule has 0 saturated carbocycles. The number of ether oxygens (including phenoxy) is 1. The molecule has 8 heteroatoms. The molecule has 3 aromatic rings. The number of amides is 1. The van der Waals surface area contributed by atoms with Crippen molar-refractivity contribution in [1.82, 2.24) is 0 Å². The molecule has 0 spiro atoms. The first-order valence-corrected chi connectivity index (χ1v) is 9.70. The van der Waals surface area contributed by atoms with Gasteiger partial charge in [0, 0.05) is 29.1 Å². The molecule has 31 heavy (non-hydrogen) atoms. The fraction of sp³-hybridized carbons (Fsp3) is 0.130. The van der Waals surface area contributed by atoms with Crippen LogP contribution in [0, 0.1) is 10.1 Å². The van der Waals surface area contributed by atoms with Gasteiger partial charge < -0.3 is 10.1 Å². The van der Waals surface area contributed by atoms with E-state index in [4.69, 9.17) is 4.74 Å². The summed E-state index contributed by atoms with van der Waals surface area (Å²) in [7, 11) is 0. The SMILES string of the molecule is CCOC(=O)c1ccc(N2C(=O)c3ccccc3NC2c2cccc([N+](=O)[O-])c2)cc1. The number of nitro benzene ring substituents is 1. The molecule has 0 bridgehead atoms. The summed E-state index contributed by atoms with van der Waals surface area (Å²) in [5, 5.41) is 14.6. The highest BCUT2D eigenvalue weighted by Gasteiger charge is 2.34. The average Bonchev–Trinajstić information content (AvgIpc) is 2.79. The lowest BCUT2D eigenvalue weighted by molar-refractivity contribution is -0.384. The minimum Gasteiger partial charge on any atom is -0.462 e. The monoisotopic (exact) mass is 417 g/mol. The number of para-hydroxylation sites is 1. The Hall–Kier alpha value is -4.20. The third-order valence-corrected chi connectivity index (χ3v) is 4.98. The van der Waals surface area contributed by atoms with Crippen LogP contribution in [0.1, 0.15) is 39.4 Å². The van der Waals surface area contributed by atoms with E-state index in [-0.39, 0.29) is 18.2 Å². The number of hydrogen-bond donors (Lipinski definition) is 1. The lowest BCUT2D eigenvalue weighted by Gasteiger charge is -2.38. The van der Waals surface area contributed by atoms with E-state index in [1.165, 1.54) is 17.0 Å². The number of hydrogen-bond acceptors (Lipinski definition) is 6. The first-order chi connectivity index (χ1) is 15.0. The molecule has 0 aliphatic carbocycles. The van der Waals surface area contributed by atoms with Crippen LogP contribution in [-0.2, 0) is 4.74 Å². The van der Waals surface area contributed by atoms with Crippen molar-refractivity contribution in [3.05, 3.63) is 99.6 Å². The Morgan fingerprint density at radius 1 is 1.10 bits per heavy atom. The van der Waals surface area contributed by atoms with E-state index >= 15 is 0 Å². The number of nitrogens with one attached hydrogen (secondary N) is 1. The lowest BCUT2D eigenvalue weighted by atomic mass is 10.0. The predicted octanol–water partition coefficient (Wildman–Crippen LogP) is 4.54. The van der Waals surface area contributed by atoms with Crippen molar-refractivity contribution in [3.63, 3.8) is 0 Å². The second-order valence-electron chi connectivity index (χ2n) is 6.89. The molecule has 1 aliphatic heterocycles. The topological polar surface area (TPSA) is 102 Å². The maximum Gasteiger partial charge on any atom is 0.338 e. The first kappa shape index (κ1) is 20.1. The third kappa shape index (κ3) is 3.83. The predicted molar refractivity (Wildman–Crippen MR) is 115 cm³/mol. The number of anilines is 2. The van der Waals surface area contributed by atoms with E-state index in [2.05, 4.69) is 5.32 Å². The summed E-state index contributed by atoms with van der Waals surface area (Å²) in [5.41, 5.74) is 2.53. The molecule has 1 N–H and O–H groups in total. The van der Waals surface area contributed by atoms with Crippen molar-refractivity contribution in [2.24, 2.45) is 0 Å². The van der Waals surface area contributed by atoms with Gasteiger partial charge in [-0.05, 0) is 43.3 Å². The summed E-state index contributed by atoms with van der Waals surface area (Å²) >= 11 is 0. The van der Waals surface area contributed by atoms with E-state index in [0.717, 1.165) is 0 Å². The fourth-order valence-corrected chi connectivity index (χ4v) is 3.53. The van der Waals surface area contributed by atoms with Crippen molar-refractivity contribution in [2.45, 2.75) is 13.1 Å². The van der Waals surface area contributed by atoms with Gasteiger partial charge in [0.25, 0.3) is 11.6 Å². The molecular weight excluding hydrogens is 398 g/mol. The van der Waals surface area contributed by atoms with Crippen molar-refractivity contribution in [1.29, 1.82) is 0 Å². The van der Waals surface area contributed by atoms with Gasteiger partial charge in [0.2, 0.25) is 0 Å². The Labute approximate surface area is 178 Å². The number of rotatable bonds is 5. The zero-order valence-electron chi connectivity index (χ0n) is 16.6. The zero-order valence-corrected chi connectivity index (χ0v) is 16.6. The van der Waals surface area contributed by atoms with E-state index in [1.807, 2.05) is 6.07 Å². The molecule has 1 aliphatic rings. The van der Waals surface area contributed by atoms with Gasteiger partial charge in [-0.3, -0.25) is 19.8 Å². The summed E-state index contributed by atoms with van der Waals surface area (Å²) < 4.78 is 5.01. The highest BCUT2D eigenvalue weighted by Crippen LogP contribution is 2.37. The standard InChI is InChI=1S/C23H19N3O5/c1-2-31-23(28)15-10-12-17(13-11-15)25-21(16-6-5-7-18(14-16)26(29)30)24-20-9-4-3-8-19(20)22(25)27/h3-14,21,24H,2H2,1H3. The Balaban J connectivity index is 1.78. The molecule has 1 unspecified atom stereocenters. The van der Waals surface area contributed by atoms with E-state index in [0.29, 0.717) is 28.1 Å². The van der Waals surface area contributed by atoms with Gasteiger partial charge in [-0.2, -0.15) is 0 Å². The van der Waals surface area contributed by atoms with Crippen molar-refractivity contribution < 1.29 is 19.2 Å². The number of nitrogens with zero attached hydrogens (tertiary/aromatic N) is 2. The summed E-state index contributed by atoms with van der Waals surface area (Å²) in [4.78, 5) is 37.7. The van der Waals surface area contributed by atoms with Crippen LogP contribution in [0.25, 0.3) is 0 Å². The number of carbonyl (C=O) groups excluding carboxylic acids is 2. The largest absolute Gasteiger partial charge is 0.462 e. The quantitative estimate of drug-likeness (QED) is 0.371. The fourth-order valence-electron chi connectivity index (χ4n) is 3.53. The minimum atomic E-state index is -0.671. The molecule has 0 aromatic heterocycles. The average molecular weight is 417 g/mol. The van der Waals surface area contributed by atoms with Gasteiger partial charge >= 0.3 is 5.97 Å². The number of carbonyl (C=O) groups is 2. The highest BCUT2D eigenvalue weighted by molar-refractivity contribution is 6.12. The van der Waals surface area contributed by atoms with Gasteiger partial charge in [-0.15, -0.1) is 0 Å². The molecule has 4 rings (SSSR count). The van der Waals surface area contributed by atoms with Gasteiger partial charge in [-0.1, -0.05) is 24.3 Å². The Morgan fingerprint density at radius 3 is 2.55 bits per heavy atom.